The van der Waals surface area contributed by atoms with Gasteiger partial charge in [0, 0.05) is 12.6 Å². The highest BCUT2D eigenvalue weighted by atomic mass is 35.5. The first-order valence-electron chi connectivity index (χ1n) is 9.38. The van der Waals surface area contributed by atoms with Crippen LogP contribution in [-0.2, 0) is 11.2 Å². The van der Waals surface area contributed by atoms with Crippen molar-refractivity contribution in [2.45, 2.75) is 6.42 Å². The highest BCUT2D eigenvalue weighted by Gasteiger charge is 2.12. The van der Waals surface area contributed by atoms with Crippen LogP contribution in [0.3, 0.4) is 0 Å². The lowest BCUT2D eigenvalue weighted by molar-refractivity contribution is -0.111. The topological polar surface area (TPSA) is 58.2 Å². The van der Waals surface area contributed by atoms with Crippen LogP contribution in [0.5, 0.6) is 0 Å². The maximum atomic E-state index is 12.6. The molecule has 30 heavy (non-hydrogen) atoms. The molecule has 6 heteroatoms. The van der Waals surface area contributed by atoms with Gasteiger partial charge < -0.3 is 10.6 Å². The molecule has 2 amide bonds. The Morgan fingerprint density at radius 1 is 0.867 bits per heavy atom. The van der Waals surface area contributed by atoms with Gasteiger partial charge in [-0.1, -0.05) is 71.7 Å². The third kappa shape index (κ3) is 6.21. The molecule has 4 nitrogen and oxygen atoms in total. The lowest BCUT2D eigenvalue weighted by Gasteiger charge is -2.10. The van der Waals surface area contributed by atoms with E-state index in [0.29, 0.717) is 27.8 Å². The van der Waals surface area contributed by atoms with Crippen LogP contribution >= 0.6 is 23.2 Å². The molecule has 0 aromatic heterocycles. The van der Waals surface area contributed by atoms with Gasteiger partial charge in [-0.05, 0) is 47.9 Å². The Hall–Kier alpha value is -3.08. The van der Waals surface area contributed by atoms with Crippen LogP contribution in [0.2, 0.25) is 10.0 Å². The maximum Gasteiger partial charge on any atom is 0.253 e. The van der Waals surface area contributed by atoms with Gasteiger partial charge in [0.15, 0.2) is 0 Å². The summed E-state index contributed by atoms with van der Waals surface area (Å²) in [5.41, 5.74) is 2.73. The minimum Gasteiger partial charge on any atom is -0.352 e. The van der Waals surface area contributed by atoms with Gasteiger partial charge in [-0.15, -0.1) is 0 Å². The van der Waals surface area contributed by atoms with E-state index in [1.54, 1.807) is 48.5 Å². The largest absolute Gasteiger partial charge is 0.352 e. The van der Waals surface area contributed by atoms with Crippen molar-refractivity contribution in [2.24, 2.45) is 0 Å². The molecule has 3 aromatic carbocycles. The molecule has 3 aromatic rings. The van der Waals surface area contributed by atoms with Gasteiger partial charge in [0.05, 0.1) is 21.3 Å². The van der Waals surface area contributed by atoms with E-state index in [4.69, 9.17) is 23.2 Å². The van der Waals surface area contributed by atoms with Crippen LogP contribution in [-0.4, -0.2) is 18.4 Å². The van der Waals surface area contributed by atoms with Gasteiger partial charge in [0.25, 0.3) is 5.91 Å². The molecule has 0 saturated heterocycles. The molecule has 0 spiro atoms. The molecule has 0 bridgehead atoms. The van der Waals surface area contributed by atoms with E-state index in [1.165, 1.54) is 6.08 Å². The van der Waals surface area contributed by atoms with E-state index < -0.39 is 0 Å². The number of halogens is 2. The van der Waals surface area contributed by atoms with Gasteiger partial charge in [-0.2, -0.15) is 0 Å². The molecule has 0 atom stereocenters. The quantitative estimate of drug-likeness (QED) is 0.470. The highest BCUT2D eigenvalue weighted by Crippen LogP contribution is 2.23. The molecule has 3 rings (SSSR count). The number of benzene rings is 3. The van der Waals surface area contributed by atoms with Gasteiger partial charge in [-0.3, -0.25) is 9.59 Å². The predicted octanol–water partition coefficient (Wildman–Crippen LogP) is 5.62. The summed E-state index contributed by atoms with van der Waals surface area (Å²) in [6.07, 6.45) is 3.73. The van der Waals surface area contributed by atoms with E-state index in [1.807, 2.05) is 30.3 Å². The number of rotatable bonds is 7. The summed E-state index contributed by atoms with van der Waals surface area (Å²) in [6.45, 7) is 0.502. The molecule has 0 aliphatic heterocycles. The summed E-state index contributed by atoms with van der Waals surface area (Å²) < 4.78 is 0. The van der Waals surface area contributed by atoms with E-state index in [-0.39, 0.29) is 11.8 Å². The molecule has 2 N–H and O–H groups in total. The summed E-state index contributed by atoms with van der Waals surface area (Å²) in [7, 11) is 0. The van der Waals surface area contributed by atoms with Crippen LogP contribution in [0.25, 0.3) is 6.08 Å². The molecule has 0 radical (unpaired) electrons. The molecular formula is C24H20Cl2N2O2. The molecule has 0 unspecified atom stereocenters. The fourth-order valence-corrected chi connectivity index (χ4v) is 3.12. The summed E-state index contributed by atoms with van der Waals surface area (Å²) in [5, 5.41) is 6.51. The monoisotopic (exact) mass is 438 g/mol. The highest BCUT2D eigenvalue weighted by molar-refractivity contribution is 6.42. The third-order valence-electron chi connectivity index (χ3n) is 4.34. The van der Waals surface area contributed by atoms with Gasteiger partial charge >= 0.3 is 0 Å². The lowest BCUT2D eigenvalue weighted by Crippen LogP contribution is -2.27. The van der Waals surface area contributed by atoms with Gasteiger partial charge in [0.1, 0.15) is 0 Å². The normalized spacial score (nSPS) is 10.7. The minimum atomic E-state index is -0.356. The van der Waals surface area contributed by atoms with Crippen molar-refractivity contribution in [3.05, 3.63) is 106 Å². The average Bonchev–Trinajstić information content (AvgIpc) is 2.75. The van der Waals surface area contributed by atoms with E-state index in [0.717, 1.165) is 17.5 Å². The Labute approximate surface area is 185 Å². The second-order valence-corrected chi connectivity index (χ2v) is 7.35. The van der Waals surface area contributed by atoms with Gasteiger partial charge in [-0.25, -0.2) is 0 Å². The zero-order valence-electron chi connectivity index (χ0n) is 16.1. The molecule has 0 saturated carbocycles. The van der Waals surface area contributed by atoms with Crippen molar-refractivity contribution in [1.29, 1.82) is 0 Å². The number of hydrogen-bond donors (Lipinski definition) is 2. The predicted molar refractivity (Wildman–Crippen MR) is 123 cm³/mol. The average molecular weight is 439 g/mol. The van der Waals surface area contributed by atoms with Crippen molar-refractivity contribution in [1.82, 2.24) is 5.32 Å². The number of amides is 2. The standard InChI is InChI=1S/C24H20Cl2N2O2/c25-20-12-10-18(16-21(20)26)11-13-23(29)28-22-9-5-4-8-19(22)24(30)27-15-14-17-6-2-1-3-7-17/h1-13,16H,14-15H2,(H,27,30)(H,28,29). The Morgan fingerprint density at radius 3 is 2.37 bits per heavy atom. The molecule has 0 fully saturated rings. The van der Waals surface area contributed by atoms with Crippen molar-refractivity contribution >= 4 is 46.8 Å². The Kier molecular flexibility index (Phi) is 7.66. The maximum absolute atomic E-state index is 12.6. The van der Waals surface area contributed by atoms with E-state index in [2.05, 4.69) is 10.6 Å². The summed E-state index contributed by atoms with van der Waals surface area (Å²) in [4.78, 5) is 24.9. The lowest BCUT2D eigenvalue weighted by atomic mass is 10.1. The van der Waals surface area contributed by atoms with Crippen molar-refractivity contribution in [2.75, 3.05) is 11.9 Å². The Balaban J connectivity index is 1.61. The first-order chi connectivity index (χ1) is 14.5. The fourth-order valence-electron chi connectivity index (χ4n) is 2.81. The molecule has 0 aliphatic rings. The first-order valence-corrected chi connectivity index (χ1v) is 10.1. The SMILES string of the molecule is O=C(C=Cc1ccc(Cl)c(Cl)c1)Nc1ccccc1C(=O)NCCc1ccccc1. The Bertz CT molecular complexity index is 1070. The number of carbonyl (C=O) groups is 2. The second-order valence-electron chi connectivity index (χ2n) is 6.53. The third-order valence-corrected chi connectivity index (χ3v) is 5.08. The van der Waals surface area contributed by atoms with Crippen molar-refractivity contribution in [3.63, 3.8) is 0 Å². The molecule has 152 valence electrons. The Morgan fingerprint density at radius 2 is 1.60 bits per heavy atom. The number of anilines is 1. The first kappa shape index (κ1) is 21.6. The van der Waals surface area contributed by atoms with Crippen LogP contribution in [0.1, 0.15) is 21.5 Å². The van der Waals surface area contributed by atoms with Crippen LogP contribution in [0.15, 0.2) is 78.9 Å². The summed E-state index contributed by atoms with van der Waals surface area (Å²) >= 11 is 11.9. The van der Waals surface area contributed by atoms with Crippen LogP contribution < -0.4 is 10.6 Å². The smallest absolute Gasteiger partial charge is 0.253 e. The number of nitrogens with one attached hydrogen (secondary N) is 2. The van der Waals surface area contributed by atoms with Gasteiger partial charge in [0.2, 0.25) is 5.91 Å². The molecular weight excluding hydrogens is 419 g/mol. The number of para-hydroxylation sites is 1. The van der Waals surface area contributed by atoms with Crippen molar-refractivity contribution in [3.8, 4) is 0 Å². The van der Waals surface area contributed by atoms with E-state index >= 15 is 0 Å². The summed E-state index contributed by atoms with van der Waals surface area (Å²) in [5.74, 6) is -0.596. The van der Waals surface area contributed by atoms with Crippen LogP contribution in [0, 0.1) is 0 Å². The number of hydrogen-bond acceptors (Lipinski definition) is 2. The van der Waals surface area contributed by atoms with Crippen LogP contribution in [0.4, 0.5) is 5.69 Å². The molecule has 0 aliphatic carbocycles. The fraction of sp³-hybridized carbons (Fsp3) is 0.0833. The van der Waals surface area contributed by atoms with E-state index in [9.17, 15) is 9.59 Å². The zero-order chi connectivity index (χ0) is 21.3. The summed E-state index contributed by atoms with van der Waals surface area (Å²) in [6, 6.07) is 21.9. The minimum absolute atomic E-state index is 0.240. The second kappa shape index (κ2) is 10.6. The zero-order valence-corrected chi connectivity index (χ0v) is 17.6. The molecule has 0 heterocycles. The number of carbonyl (C=O) groups excluding carboxylic acids is 2. The van der Waals surface area contributed by atoms with Crippen molar-refractivity contribution < 1.29 is 9.59 Å².